The zero-order chi connectivity index (χ0) is 39.7. The standard InChI is InChI=1S/C40H47N3O10S/c1-27(2)23-32(42-38(49)52-25-30-17-11-7-12-18-30)35(46)40(37(48)41-4,24-29-15-9-6-10-16-29)43(39(50)53-26-31-19-13-8-14-20-31)36(47)33(54-28(3)44)21-22-34(45)51-5/h6-20,27,32-33H,21-26H2,1-5H3,(H,41,48)(H,42,49)/t32-,33?,40+/m0/s1. The Labute approximate surface area is 319 Å². The molecule has 0 aliphatic carbocycles. The lowest BCUT2D eigenvalue weighted by Crippen LogP contribution is -2.72. The van der Waals surface area contributed by atoms with Crippen molar-refractivity contribution in [3.8, 4) is 0 Å². The Bertz CT molecular complexity index is 1740. The van der Waals surface area contributed by atoms with Gasteiger partial charge in [-0.2, -0.15) is 0 Å². The highest BCUT2D eigenvalue weighted by Crippen LogP contribution is 2.32. The molecule has 0 aliphatic heterocycles. The molecule has 0 bridgehead atoms. The van der Waals surface area contributed by atoms with Crippen LogP contribution in [0.25, 0.3) is 0 Å². The van der Waals surface area contributed by atoms with Crippen LogP contribution in [-0.2, 0) is 57.8 Å². The Morgan fingerprint density at radius 2 is 1.30 bits per heavy atom. The number of methoxy groups -OCH3 is 1. The molecule has 0 saturated carbocycles. The van der Waals surface area contributed by atoms with Crippen LogP contribution in [0.1, 0.15) is 56.7 Å². The number of Topliss-reactive ketones (excluding diaryl/α,β-unsaturated/α-hetero) is 1. The summed E-state index contributed by atoms with van der Waals surface area (Å²) in [5.74, 6) is -4.15. The zero-order valence-electron chi connectivity index (χ0n) is 31.1. The fourth-order valence-electron chi connectivity index (χ4n) is 5.71. The van der Waals surface area contributed by atoms with Crippen molar-refractivity contribution in [1.29, 1.82) is 0 Å². The number of ether oxygens (including phenoxy) is 3. The molecule has 3 aromatic rings. The molecular weight excluding hydrogens is 715 g/mol. The van der Waals surface area contributed by atoms with Crippen molar-refractivity contribution in [1.82, 2.24) is 15.5 Å². The van der Waals surface area contributed by atoms with Crippen molar-refractivity contribution in [2.24, 2.45) is 5.92 Å². The molecule has 0 radical (unpaired) electrons. The molecule has 3 rings (SSSR count). The van der Waals surface area contributed by atoms with E-state index >= 15 is 4.79 Å². The highest BCUT2D eigenvalue weighted by molar-refractivity contribution is 8.14. The minimum absolute atomic E-state index is 0.0259. The fourth-order valence-corrected chi connectivity index (χ4v) is 6.55. The second-order valence-electron chi connectivity index (χ2n) is 12.8. The predicted molar refractivity (Wildman–Crippen MR) is 202 cm³/mol. The van der Waals surface area contributed by atoms with E-state index in [9.17, 15) is 28.8 Å². The average Bonchev–Trinajstić information content (AvgIpc) is 3.17. The van der Waals surface area contributed by atoms with E-state index in [0.717, 1.165) is 7.11 Å². The summed E-state index contributed by atoms with van der Waals surface area (Å²) in [7, 11) is 2.40. The summed E-state index contributed by atoms with van der Waals surface area (Å²) >= 11 is 0.530. The van der Waals surface area contributed by atoms with Gasteiger partial charge in [-0.1, -0.05) is 117 Å². The smallest absolute Gasteiger partial charge is 0.418 e. The number of ketones is 1. The van der Waals surface area contributed by atoms with Crippen molar-refractivity contribution in [2.75, 3.05) is 14.2 Å². The molecule has 0 spiro atoms. The third kappa shape index (κ3) is 12.3. The summed E-state index contributed by atoms with van der Waals surface area (Å²) in [6.07, 6.45) is -3.52. The summed E-state index contributed by atoms with van der Waals surface area (Å²) in [5, 5.41) is 3.08. The first kappa shape index (κ1) is 42.9. The second kappa shape index (κ2) is 21.3. The lowest BCUT2D eigenvalue weighted by atomic mass is 9.78. The van der Waals surface area contributed by atoms with Crippen LogP contribution in [0.15, 0.2) is 91.0 Å². The topological polar surface area (TPSA) is 174 Å². The number of benzene rings is 3. The highest BCUT2D eigenvalue weighted by Gasteiger charge is 2.59. The molecule has 0 heterocycles. The number of rotatable bonds is 18. The maximum atomic E-state index is 15.3. The minimum Gasteiger partial charge on any atom is -0.469 e. The second-order valence-corrected chi connectivity index (χ2v) is 14.2. The average molecular weight is 762 g/mol. The monoisotopic (exact) mass is 761 g/mol. The van der Waals surface area contributed by atoms with Crippen LogP contribution in [0.3, 0.4) is 0 Å². The first-order chi connectivity index (χ1) is 25.8. The van der Waals surface area contributed by atoms with Crippen LogP contribution < -0.4 is 10.6 Å². The molecular formula is C40H47N3O10S. The molecule has 0 saturated heterocycles. The summed E-state index contributed by atoms with van der Waals surface area (Å²) in [6, 6.07) is 24.2. The van der Waals surface area contributed by atoms with Gasteiger partial charge >= 0.3 is 18.2 Å². The summed E-state index contributed by atoms with van der Waals surface area (Å²) in [6.45, 7) is 4.31. The summed E-state index contributed by atoms with van der Waals surface area (Å²) in [5.41, 5.74) is -1.10. The number of likely N-dealkylation sites (N-methyl/N-ethyl adjacent to an activating group) is 1. The molecule has 288 valence electrons. The predicted octanol–water partition coefficient (Wildman–Crippen LogP) is 5.39. The van der Waals surface area contributed by atoms with Crippen molar-refractivity contribution >= 4 is 52.6 Å². The highest BCUT2D eigenvalue weighted by atomic mass is 32.2. The van der Waals surface area contributed by atoms with Crippen LogP contribution in [0.4, 0.5) is 9.59 Å². The van der Waals surface area contributed by atoms with Gasteiger partial charge in [0, 0.05) is 26.8 Å². The molecule has 54 heavy (non-hydrogen) atoms. The number of esters is 1. The normalized spacial score (nSPS) is 13.0. The van der Waals surface area contributed by atoms with Crippen molar-refractivity contribution < 1.29 is 47.8 Å². The molecule has 14 heteroatoms. The van der Waals surface area contributed by atoms with E-state index < -0.39 is 64.1 Å². The largest absolute Gasteiger partial charge is 0.469 e. The summed E-state index contributed by atoms with van der Waals surface area (Å²) in [4.78, 5) is 97.7. The molecule has 3 atom stereocenters. The number of amides is 4. The lowest BCUT2D eigenvalue weighted by Gasteiger charge is -2.42. The van der Waals surface area contributed by atoms with Crippen LogP contribution in [0.5, 0.6) is 0 Å². The number of thioether (sulfide) groups is 1. The fraction of sp³-hybridized carbons (Fsp3) is 0.375. The molecule has 1 unspecified atom stereocenters. The number of alkyl carbamates (subject to hydrolysis) is 1. The third-order valence-electron chi connectivity index (χ3n) is 8.25. The summed E-state index contributed by atoms with van der Waals surface area (Å²) < 4.78 is 15.9. The van der Waals surface area contributed by atoms with Gasteiger partial charge < -0.3 is 24.8 Å². The number of imide groups is 1. The van der Waals surface area contributed by atoms with E-state index in [4.69, 9.17) is 14.2 Å². The molecule has 4 amide bonds. The number of nitrogens with zero attached hydrogens (tertiary/aromatic N) is 1. The van der Waals surface area contributed by atoms with E-state index in [1.807, 2.05) is 0 Å². The third-order valence-corrected chi connectivity index (χ3v) is 9.31. The number of hydrogen-bond donors (Lipinski definition) is 2. The van der Waals surface area contributed by atoms with E-state index in [1.54, 1.807) is 105 Å². The van der Waals surface area contributed by atoms with Crippen LogP contribution in [0.2, 0.25) is 0 Å². The molecule has 13 nitrogen and oxygen atoms in total. The quantitative estimate of drug-likeness (QED) is 0.0967. The number of carbonyl (C=O) groups excluding carboxylic acids is 7. The van der Waals surface area contributed by atoms with Crippen molar-refractivity contribution in [3.05, 3.63) is 108 Å². The number of hydrogen-bond acceptors (Lipinski definition) is 11. The van der Waals surface area contributed by atoms with Crippen LogP contribution >= 0.6 is 11.8 Å². The van der Waals surface area contributed by atoms with Gasteiger partial charge in [-0.3, -0.25) is 24.0 Å². The molecule has 2 N–H and O–H groups in total. The van der Waals surface area contributed by atoms with Gasteiger partial charge in [-0.25, -0.2) is 14.5 Å². The molecule has 0 aliphatic rings. The first-order valence-electron chi connectivity index (χ1n) is 17.4. The van der Waals surface area contributed by atoms with Crippen LogP contribution in [0, 0.1) is 5.92 Å². The van der Waals surface area contributed by atoms with E-state index in [2.05, 4.69) is 10.6 Å². The van der Waals surface area contributed by atoms with Gasteiger partial charge in [0.2, 0.25) is 5.91 Å². The Morgan fingerprint density at radius 3 is 1.78 bits per heavy atom. The van der Waals surface area contributed by atoms with E-state index in [0.29, 0.717) is 33.4 Å². The molecule has 0 fully saturated rings. The van der Waals surface area contributed by atoms with Gasteiger partial charge in [0.05, 0.1) is 18.4 Å². The van der Waals surface area contributed by atoms with Crippen molar-refractivity contribution in [3.63, 3.8) is 0 Å². The Kier molecular flexibility index (Phi) is 16.9. The van der Waals surface area contributed by atoms with E-state index in [-0.39, 0.29) is 38.4 Å². The maximum Gasteiger partial charge on any atom is 0.418 e. The van der Waals surface area contributed by atoms with Crippen LogP contribution in [-0.4, -0.2) is 76.8 Å². The Balaban J connectivity index is 2.26. The number of carbonyl (C=O) groups is 7. The molecule has 3 aromatic carbocycles. The van der Waals surface area contributed by atoms with Gasteiger partial charge in [0.15, 0.2) is 16.4 Å². The van der Waals surface area contributed by atoms with Crippen molar-refractivity contribution in [2.45, 2.75) is 76.5 Å². The van der Waals surface area contributed by atoms with Gasteiger partial charge in [-0.05, 0) is 35.4 Å². The minimum atomic E-state index is -2.70. The SMILES string of the molecule is CNC(=O)[C@@](Cc1ccccc1)(C(=O)[C@H](CC(C)C)NC(=O)OCc1ccccc1)N(C(=O)OCc1ccccc1)C(=O)C(CCC(=O)OC)SC(C)=O. The van der Waals surface area contributed by atoms with E-state index in [1.165, 1.54) is 14.0 Å². The van der Waals surface area contributed by atoms with Gasteiger partial charge in [0.25, 0.3) is 5.91 Å². The number of nitrogens with one attached hydrogen (secondary N) is 2. The zero-order valence-corrected chi connectivity index (χ0v) is 31.9. The first-order valence-corrected chi connectivity index (χ1v) is 18.3. The maximum absolute atomic E-state index is 15.3. The lowest BCUT2D eigenvalue weighted by molar-refractivity contribution is -0.154. The Hall–Kier alpha value is -5.50. The molecule has 0 aromatic heterocycles. The van der Waals surface area contributed by atoms with Gasteiger partial charge in [-0.15, -0.1) is 0 Å². The Morgan fingerprint density at radius 1 is 0.778 bits per heavy atom. The van der Waals surface area contributed by atoms with Gasteiger partial charge in [0.1, 0.15) is 13.2 Å².